The van der Waals surface area contributed by atoms with Gasteiger partial charge in [-0.05, 0) is 49.1 Å². The highest BCUT2D eigenvalue weighted by atomic mass is 19.2. The largest absolute Gasteiger partial charge is 0.378 e. The van der Waals surface area contributed by atoms with Gasteiger partial charge in [0.2, 0.25) is 0 Å². The van der Waals surface area contributed by atoms with Crippen molar-refractivity contribution in [1.82, 2.24) is 0 Å². The highest BCUT2D eigenvalue weighted by molar-refractivity contribution is 5.22. The quantitative estimate of drug-likeness (QED) is 0.720. The standard InChI is InChI=1S/C17H23F3O/c1-11(2)12-6-8-17(21-3,9-7-12)10-13-4-5-14(18)16(20)15(13)19/h4-5,11-12H,6-10H2,1-3H3. The molecule has 0 bridgehead atoms. The second-order valence-electron chi connectivity index (χ2n) is 6.48. The van der Waals surface area contributed by atoms with Gasteiger partial charge in [0, 0.05) is 13.5 Å². The van der Waals surface area contributed by atoms with Crippen molar-refractivity contribution in [3.8, 4) is 0 Å². The van der Waals surface area contributed by atoms with Crippen molar-refractivity contribution in [3.63, 3.8) is 0 Å². The van der Waals surface area contributed by atoms with Crippen LogP contribution in [0, 0.1) is 29.3 Å². The third-order valence-corrected chi connectivity index (χ3v) is 4.95. The first-order valence-corrected chi connectivity index (χ1v) is 7.56. The summed E-state index contributed by atoms with van der Waals surface area (Å²) in [6, 6.07) is 2.31. The van der Waals surface area contributed by atoms with Gasteiger partial charge in [-0.1, -0.05) is 19.9 Å². The molecule has 0 aliphatic heterocycles. The van der Waals surface area contributed by atoms with Crippen LogP contribution in [0.3, 0.4) is 0 Å². The van der Waals surface area contributed by atoms with Gasteiger partial charge in [0.1, 0.15) is 0 Å². The van der Waals surface area contributed by atoms with Crippen LogP contribution in [0.15, 0.2) is 12.1 Å². The summed E-state index contributed by atoms with van der Waals surface area (Å²) in [7, 11) is 1.62. The van der Waals surface area contributed by atoms with E-state index in [0.29, 0.717) is 11.8 Å². The zero-order valence-corrected chi connectivity index (χ0v) is 12.9. The summed E-state index contributed by atoms with van der Waals surface area (Å²) >= 11 is 0. The van der Waals surface area contributed by atoms with Gasteiger partial charge in [-0.2, -0.15) is 0 Å². The van der Waals surface area contributed by atoms with Gasteiger partial charge in [-0.15, -0.1) is 0 Å². The highest BCUT2D eigenvalue weighted by Gasteiger charge is 2.37. The number of rotatable bonds is 4. The third-order valence-electron chi connectivity index (χ3n) is 4.95. The molecule has 0 spiro atoms. The second kappa shape index (κ2) is 6.39. The van der Waals surface area contributed by atoms with E-state index in [1.165, 1.54) is 6.07 Å². The molecule has 1 aromatic carbocycles. The van der Waals surface area contributed by atoms with Gasteiger partial charge < -0.3 is 4.74 Å². The van der Waals surface area contributed by atoms with Crippen molar-refractivity contribution >= 4 is 0 Å². The Morgan fingerprint density at radius 1 is 1.14 bits per heavy atom. The van der Waals surface area contributed by atoms with Crippen molar-refractivity contribution in [2.24, 2.45) is 11.8 Å². The molecule has 1 aromatic rings. The lowest BCUT2D eigenvalue weighted by molar-refractivity contribution is -0.0531. The molecule has 1 nitrogen and oxygen atoms in total. The van der Waals surface area contributed by atoms with Crippen LogP contribution >= 0.6 is 0 Å². The van der Waals surface area contributed by atoms with E-state index in [2.05, 4.69) is 13.8 Å². The summed E-state index contributed by atoms with van der Waals surface area (Å²) in [6.07, 6.45) is 3.99. The van der Waals surface area contributed by atoms with Gasteiger partial charge in [-0.25, -0.2) is 13.2 Å². The van der Waals surface area contributed by atoms with Gasteiger partial charge >= 0.3 is 0 Å². The molecule has 4 heteroatoms. The summed E-state index contributed by atoms with van der Waals surface area (Å²) in [5.74, 6) is -2.35. The van der Waals surface area contributed by atoms with Crippen LogP contribution in [0.2, 0.25) is 0 Å². The summed E-state index contributed by atoms with van der Waals surface area (Å²) in [5.41, 5.74) is -0.269. The zero-order chi connectivity index (χ0) is 15.6. The van der Waals surface area contributed by atoms with Crippen molar-refractivity contribution < 1.29 is 17.9 Å². The first-order valence-electron chi connectivity index (χ1n) is 7.56. The molecule has 0 atom stereocenters. The topological polar surface area (TPSA) is 9.23 Å². The minimum Gasteiger partial charge on any atom is -0.378 e. The van der Waals surface area contributed by atoms with Crippen molar-refractivity contribution in [3.05, 3.63) is 35.1 Å². The van der Waals surface area contributed by atoms with Crippen molar-refractivity contribution in [2.45, 2.75) is 51.6 Å². The van der Waals surface area contributed by atoms with E-state index in [9.17, 15) is 13.2 Å². The Balaban J connectivity index is 2.15. The molecule has 0 heterocycles. The Bertz CT molecular complexity index is 491. The van der Waals surface area contributed by atoms with E-state index >= 15 is 0 Å². The summed E-state index contributed by atoms with van der Waals surface area (Å²) in [4.78, 5) is 0. The molecule has 2 rings (SSSR count). The van der Waals surface area contributed by atoms with E-state index in [1.807, 2.05) is 0 Å². The molecular formula is C17H23F3O. The molecular weight excluding hydrogens is 277 g/mol. The predicted octanol–water partition coefficient (Wildman–Crippen LogP) is 4.88. The lowest BCUT2D eigenvalue weighted by Crippen LogP contribution is -2.39. The number of benzene rings is 1. The fraction of sp³-hybridized carbons (Fsp3) is 0.647. The third kappa shape index (κ3) is 3.42. The van der Waals surface area contributed by atoms with E-state index in [0.717, 1.165) is 31.7 Å². The molecule has 1 saturated carbocycles. The molecule has 0 amide bonds. The van der Waals surface area contributed by atoms with E-state index in [1.54, 1.807) is 7.11 Å². The Morgan fingerprint density at radius 2 is 1.76 bits per heavy atom. The predicted molar refractivity (Wildman–Crippen MR) is 76.6 cm³/mol. The average molecular weight is 300 g/mol. The van der Waals surface area contributed by atoms with Crippen LogP contribution in [0.4, 0.5) is 13.2 Å². The first kappa shape index (κ1) is 16.3. The lowest BCUT2D eigenvalue weighted by atomic mass is 9.72. The SMILES string of the molecule is COC1(Cc2ccc(F)c(F)c2F)CCC(C(C)C)CC1. The fourth-order valence-corrected chi connectivity index (χ4v) is 3.34. The number of halogens is 3. The Hall–Kier alpha value is -1.03. The number of methoxy groups -OCH3 is 1. The molecule has 1 aliphatic rings. The fourth-order valence-electron chi connectivity index (χ4n) is 3.34. The van der Waals surface area contributed by atoms with Crippen LogP contribution in [0.1, 0.15) is 45.1 Å². The Kier molecular flexibility index (Phi) is 4.97. The molecule has 0 N–H and O–H groups in total. The molecule has 0 radical (unpaired) electrons. The molecule has 1 aliphatic carbocycles. The normalized spacial score (nSPS) is 26.3. The van der Waals surface area contributed by atoms with E-state index in [-0.39, 0.29) is 12.0 Å². The van der Waals surface area contributed by atoms with Crippen LogP contribution in [-0.4, -0.2) is 12.7 Å². The molecule has 1 fully saturated rings. The molecule has 0 saturated heterocycles. The zero-order valence-electron chi connectivity index (χ0n) is 12.9. The summed E-state index contributed by atoms with van der Waals surface area (Å²) < 4.78 is 45.9. The average Bonchev–Trinajstić information content (AvgIpc) is 2.48. The monoisotopic (exact) mass is 300 g/mol. The van der Waals surface area contributed by atoms with E-state index < -0.39 is 23.1 Å². The van der Waals surface area contributed by atoms with E-state index in [4.69, 9.17) is 4.74 Å². The second-order valence-corrected chi connectivity index (χ2v) is 6.48. The highest BCUT2D eigenvalue weighted by Crippen LogP contribution is 2.40. The van der Waals surface area contributed by atoms with Crippen molar-refractivity contribution in [1.29, 1.82) is 0 Å². The van der Waals surface area contributed by atoms with Crippen molar-refractivity contribution in [2.75, 3.05) is 7.11 Å². The maximum absolute atomic E-state index is 13.9. The molecule has 118 valence electrons. The number of hydrogen-bond acceptors (Lipinski definition) is 1. The van der Waals surface area contributed by atoms with Crippen LogP contribution in [0.5, 0.6) is 0 Å². The van der Waals surface area contributed by atoms with Gasteiger partial charge in [-0.3, -0.25) is 0 Å². The summed E-state index contributed by atoms with van der Waals surface area (Å²) in [5, 5.41) is 0. The lowest BCUT2D eigenvalue weighted by Gasteiger charge is -2.40. The molecule has 21 heavy (non-hydrogen) atoms. The number of ether oxygens (including phenoxy) is 1. The smallest absolute Gasteiger partial charge is 0.194 e. The van der Waals surface area contributed by atoms with Crippen LogP contribution < -0.4 is 0 Å². The molecule has 0 unspecified atom stereocenters. The number of hydrogen-bond donors (Lipinski definition) is 0. The minimum atomic E-state index is -1.39. The Labute approximate surface area is 124 Å². The maximum atomic E-state index is 13.9. The van der Waals surface area contributed by atoms with Gasteiger partial charge in [0.05, 0.1) is 5.60 Å². The Morgan fingerprint density at radius 3 is 2.29 bits per heavy atom. The minimum absolute atomic E-state index is 0.193. The summed E-state index contributed by atoms with van der Waals surface area (Å²) in [6.45, 7) is 4.42. The van der Waals surface area contributed by atoms with Gasteiger partial charge in [0.15, 0.2) is 17.5 Å². The van der Waals surface area contributed by atoms with Crippen LogP contribution in [0.25, 0.3) is 0 Å². The molecule has 0 aromatic heterocycles. The maximum Gasteiger partial charge on any atom is 0.194 e. The van der Waals surface area contributed by atoms with Crippen LogP contribution in [-0.2, 0) is 11.2 Å². The first-order chi connectivity index (χ1) is 9.88. The van der Waals surface area contributed by atoms with Gasteiger partial charge in [0.25, 0.3) is 0 Å².